The van der Waals surface area contributed by atoms with Crippen LogP contribution in [0.5, 0.6) is 5.75 Å². The maximum Gasteiger partial charge on any atom is 0.267 e. The summed E-state index contributed by atoms with van der Waals surface area (Å²) in [6.07, 6.45) is 2.00. The van der Waals surface area contributed by atoms with Gasteiger partial charge in [-0.2, -0.15) is 0 Å². The Hall–Kier alpha value is -4.78. The molecule has 7 heteroatoms. The average Bonchev–Trinajstić information content (AvgIpc) is 3.23. The Morgan fingerprint density at radius 3 is 2.61 bits per heavy atom. The first-order valence-electron chi connectivity index (χ1n) is 11.6. The van der Waals surface area contributed by atoms with Crippen LogP contribution in [0.2, 0.25) is 0 Å². The minimum Gasteiger partial charge on any atom is -0.508 e. The van der Waals surface area contributed by atoms with Crippen molar-refractivity contribution >= 4 is 16.8 Å². The molecule has 2 heterocycles. The molecule has 3 N–H and O–H groups in total. The van der Waals surface area contributed by atoms with E-state index in [0.29, 0.717) is 28.7 Å². The number of hydrogen-bond donors (Lipinski definition) is 2. The van der Waals surface area contributed by atoms with Crippen LogP contribution in [0.3, 0.4) is 0 Å². The summed E-state index contributed by atoms with van der Waals surface area (Å²) in [4.78, 5) is 34.7. The predicted octanol–water partition coefficient (Wildman–Crippen LogP) is 4.44. The van der Waals surface area contributed by atoms with Crippen LogP contribution in [0.25, 0.3) is 38.8 Å². The number of carbonyl (C=O) groups excluding carboxylic acids is 1. The fourth-order valence-corrected chi connectivity index (χ4v) is 5.30. The van der Waals surface area contributed by atoms with Crippen LogP contribution < -0.4 is 11.3 Å². The Bertz CT molecular complexity index is 1800. The van der Waals surface area contributed by atoms with E-state index in [4.69, 9.17) is 5.73 Å². The van der Waals surface area contributed by atoms with Crippen molar-refractivity contribution in [1.29, 1.82) is 0 Å². The van der Waals surface area contributed by atoms with Gasteiger partial charge in [0.05, 0.1) is 16.6 Å². The summed E-state index contributed by atoms with van der Waals surface area (Å²) in [5.74, 6) is -0.424. The van der Waals surface area contributed by atoms with Crippen molar-refractivity contribution in [1.82, 2.24) is 14.5 Å². The average molecular weight is 475 g/mol. The zero-order valence-electron chi connectivity index (χ0n) is 19.7. The number of hydrogen-bond acceptors (Lipinski definition) is 5. The highest BCUT2D eigenvalue weighted by atomic mass is 16.3. The largest absolute Gasteiger partial charge is 0.508 e. The lowest BCUT2D eigenvalue weighted by Gasteiger charge is -2.19. The lowest BCUT2D eigenvalue weighted by atomic mass is 9.89. The summed E-state index contributed by atoms with van der Waals surface area (Å²) in [5, 5.41) is 10.6. The van der Waals surface area contributed by atoms with E-state index in [9.17, 15) is 14.7 Å². The molecule has 7 nitrogen and oxygen atoms in total. The van der Waals surface area contributed by atoms with Crippen LogP contribution in [0.4, 0.5) is 0 Å². The second kappa shape index (κ2) is 7.88. The van der Waals surface area contributed by atoms with Crippen LogP contribution in [-0.4, -0.2) is 25.5 Å². The smallest absolute Gasteiger partial charge is 0.267 e. The van der Waals surface area contributed by atoms with Gasteiger partial charge in [-0.15, -0.1) is 0 Å². The number of aryl methyl sites for hydroxylation is 1. The number of aromatic hydroxyl groups is 1. The Balaban J connectivity index is 1.64. The molecule has 2 aromatic heterocycles. The van der Waals surface area contributed by atoms with Gasteiger partial charge in [-0.3, -0.25) is 14.2 Å². The van der Waals surface area contributed by atoms with Gasteiger partial charge < -0.3 is 10.8 Å². The topological polar surface area (TPSA) is 111 Å². The quantitative estimate of drug-likeness (QED) is 0.394. The Kier molecular flexibility index (Phi) is 4.76. The van der Waals surface area contributed by atoms with Crippen molar-refractivity contribution in [2.45, 2.75) is 20.3 Å². The molecule has 36 heavy (non-hydrogen) atoms. The van der Waals surface area contributed by atoms with Gasteiger partial charge in [0.1, 0.15) is 17.8 Å². The number of primary amides is 1. The lowest BCUT2D eigenvalue weighted by Crippen LogP contribution is -2.20. The number of carbonyl (C=O) groups is 1. The number of fused-ring (bicyclic) bond motifs is 4. The number of pyridine rings is 1. The molecule has 3 aromatic carbocycles. The molecule has 0 aliphatic heterocycles. The molecular formula is C29H22N4O3. The van der Waals surface area contributed by atoms with Crippen molar-refractivity contribution in [3.8, 4) is 33.7 Å². The second-order valence-corrected chi connectivity index (χ2v) is 9.04. The molecule has 1 amide bonds. The number of benzene rings is 3. The van der Waals surface area contributed by atoms with Crippen molar-refractivity contribution in [2.75, 3.05) is 0 Å². The molecule has 5 aromatic rings. The van der Waals surface area contributed by atoms with Gasteiger partial charge in [-0.1, -0.05) is 30.3 Å². The van der Waals surface area contributed by atoms with E-state index in [-0.39, 0.29) is 17.0 Å². The highest BCUT2D eigenvalue weighted by Gasteiger charge is 2.30. The number of nitrogens with zero attached hydrogens (tertiary/aromatic N) is 3. The van der Waals surface area contributed by atoms with Crippen LogP contribution >= 0.6 is 0 Å². The molecule has 6 rings (SSSR count). The van der Waals surface area contributed by atoms with Crippen molar-refractivity contribution < 1.29 is 9.90 Å². The molecule has 1 aliphatic rings. The third-order valence-electron chi connectivity index (χ3n) is 6.94. The van der Waals surface area contributed by atoms with Gasteiger partial charge in [0.15, 0.2) is 0 Å². The number of nitrogens with two attached hydrogens (primary N) is 1. The third kappa shape index (κ3) is 3.13. The molecule has 0 fully saturated rings. The molecular weight excluding hydrogens is 452 g/mol. The van der Waals surface area contributed by atoms with Gasteiger partial charge in [-0.05, 0) is 77.6 Å². The van der Waals surface area contributed by atoms with E-state index in [1.807, 2.05) is 56.3 Å². The third-order valence-corrected chi connectivity index (χ3v) is 6.94. The maximum absolute atomic E-state index is 13.3. The first kappa shape index (κ1) is 21.7. The first-order chi connectivity index (χ1) is 17.3. The van der Waals surface area contributed by atoms with E-state index in [1.54, 1.807) is 29.1 Å². The summed E-state index contributed by atoms with van der Waals surface area (Å²) in [7, 11) is 0. The molecule has 0 atom stereocenters. The van der Waals surface area contributed by atoms with Crippen LogP contribution in [0, 0.1) is 13.8 Å². The van der Waals surface area contributed by atoms with E-state index < -0.39 is 5.91 Å². The van der Waals surface area contributed by atoms with E-state index in [1.165, 1.54) is 0 Å². The zero-order valence-corrected chi connectivity index (χ0v) is 19.7. The number of phenolic OH excluding ortho intramolecular Hbond substituents is 1. The monoisotopic (exact) mass is 474 g/mol. The summed E-state index contributed by atoms with van der Waals surface area (Å²) in [6, 6.07) is 18.3. The minimum absolute atomic E-state index is 0.147. The van der Waals surface area contributed by atoms with E-state index in [0.717, 1.165) is 38.9 Å². The van der Waals surface area contributed by atoms with Gasteiger partial charge in [-0.25, -0.2) is 9.97 Å². The SMILES string of the molecule is Cc1nc(C(N)=O)c2c(c1-c1cccc(-n3cnc4ccccc4c3=O)c1C)-c1ccc(O)cc1C2. The number of aromatic nitrogens is 3. The van der Waals surface area contributed by atoms with Crippen molar-refractivity contribution in [3.63, 3.8) is 0 Å². The molecule has 0 radical (unpaired) electrons. The molecule has 0 spiro atoms. The molecule has 0 saturated carbocycles. The summed E-state index contributed by atoms with van der Waals surface area (Å²) < 4.78 is 1.56. The molecule has 1 aliphatic carbocycles. The van der Waals surface area contributed by atoms with Gasteiger partial charge in [0, 0.05) is 17.7 Å². The predicted molar refractivity (Wildman–Crippen MR) is 138 cm³/mol. The van der Waals surface area contributed by atoms with Crippen molar-refractivity contribution in [3.05, 3.63) is 105 Å². The standard InChI is InChI=1S/C29H22N4O3/c1-15-19(7-5-9-24(15)33-14-31-23-8-4-3-6-21(23)29(33)36)25-16(2)32-27(28(30)35)22-13-17-12-18(34)10-11-20(17)26(22)25/h3-12,14,34H,13H2,1-2H3,(H2,30,35). The normalized spacial score (nSPS) is 11.9. The van der Waals surface area contributed by atoms with Gasteiger partial charge >= 0.3 is 0 Å². The summed E-state index contributed by atoms with van der Waals surface area (Å²) in [5.41, 5.74) is 13.9. The fourth-order valence-electron chi connectivity index (χ4n) is 5.30. The molecule has 0 bridgehead atoms. The minimum atomic E-state index is -0.586. The van der Waals surface area contributed by atoms with E-state index in [2.05, 4.69) is 9.97 Å². The maximum atomic E-state index is 13.3. The lowest BCUT2D eigenvalue weighted by molar-refractivity contribution is 0.0994. The summed E-state index contributed by atoms with van der Waals surface area (Å²) >= 11 is 0. The molecule has 176 valence electrons. The highest BCUT2D eigenvalue weighted by molar-refractivity contribution is 6.01. The van der Waals surface area contributed by atoms with Crippen molar-refractivity contribution in [2.24, 2.45) is 5.73 Å². The van der Waals surface area contributed by atoms with Gasteiger partial charge in [0.2, 0.25) is 0 Å². The fraction of sp³-hybridized carbons (Fsp3) is 0.103. The van der Waals surface area contributed by atoms with Crippen LogP contribution in [-0.2, 0) is 6.42 Å². The number of para-hydroxylation sites is 1. The molecule has 0 unspecified atom stereocenters. The summed E-state index contributed by atoms with van der Waals surface area (Å²) in [6.45, 7) is 3.82. The Morgan fingerprint density at radius 2 is 1.81 bits per heavy atom. The Morgan fingerprint density at radius 1 is 1.00 bits per heavy atom. The zero-order chi connectivity index (χ0) is 25.1. The number of amides is 1. The van der Waals surface area contributed by atoms with Crippen LogP contribution in [0.1, 0.15) is 32.9 Å². The Labute approximate surface area is 206 Å². The number of phenols is 1. The molecule has 0 saturated heterocycles. The van der Waals surface area contributed by atoms with Gasteiger partial charge in [0.25, 0.3) is 11.5 Å². The van der Waals surface area contributed by atoms with Crippen LogP contribution in [0.15, 0.2) is 71.8 Å². The van der Waals surface area contributed by atoms with E-state index >= 15 is 0 Å². The second-order valence-electron chi connectivity index (χ2n) is 9.04. The number of rotatable bonds is 3. The highest BCUT2D eigenvalue weighted by Crippen LogP contribution is 2.47. The first-order valence-corrected chi connectivity index (χ1v) is 11.6.